The van der Waals surface area contributed by atoms with Crippen molar-refractivity contribution in [2.24, 2.45) is 0 Å². The average molecular weight is 216 g/mol. The summed E-state index contributed by atoms with van der Waals surface area (Å²) in [6, 6.07) is 4.47. The van der Waals surface area contributed by atoms with Crippen LogP contribution in [0.4, 0.5) is 0 Å². The highest BCUT2D eigenvalue weighted by Crippen LogP contribution is 2.15. The Balaban J connectivity index is 1.96. The van der Waals surface area contributed by atoms with E-state index < -0.39 is 0 Å². The van der Waals surface area contributed by atoms with Gasteiger partial charge in [0.15, 0.2) is 0 Å². The van der Waals surface area contributed by atoms with Gasteiger partial charge in [-0.3, -0.25) is 4.98 Å². The highest BCUT2D eigenvalue weighted by molar-refractivity contribution is 5.15. The van der Waals surface area contributed by atoms with Gasteiger partial charge < -0.3 is 10.3 Å². The fourth-order valence-electron chi connectivity index (χ4n) is 1.71. The molecule has 0 amide bonds. The van der Waals surface area contributed by atoms with Crippen LogP contribution in [0.2, 0.25) is 0 Å². The van der Waals surface area contributed by atoms with E-state index in [-0.39, 0.29) is 0 Å². The van der Waals surface area contributed by atoms with E-state index >= 15 is 0 Å². The summed E-state index contributed by atoms with van der Waals surface area (Å²) in [7, 11) is 0. The van der Waals surface area contributed by atoms with Gasteiger partial charge in [0.2, 0.25) is 0 Å². The zero-order valence-corrected chi connectivity index (χ0v) is 9.35. The standard InChI is InChI=1S/C12H16N4/c1-2-12(10-3-5-13-6-4-10)15-8-11-7-14-9-16-11/h3-7,9,12,15H,2,8H2,1H3,(H,14,16). The Kier molecular flexibility index (Phi) is 3.66. The van der Waals surface area contributed by atoms with Crippen molar-refractivity contribution in [1.29, 1.82) is 0 Å². The smallest absolute Gasteiger partial charge is 0.0922 e. The van der Waals surface area contributed by atoms with Crippen molar-refractivity contribution in [3.8, 4) is 0 Å². The van der Waals surface area contributed by atoms with Crippen LogP contribution in [0.5, 0.6) is 0 Å². The molecule has 0 aromatic carbocycles. The predicted molar refractivity (Wildman–Crippen MR) is 62.7 cm³/mol. The Bertz CT molecular complexity index is 396. The number of H-pyrrole nitrogens is 1. The molecule has 2 aromatic rings. The van der Waals surface area contributed by atoms with Crippen LogP contribution in [-0.2, 0) is 6.54 Å². The third kappa shape index (κ3) is 2.67. The molecule has 0 spiro atoms. The summed E-state index contributed by atoms with van der Waals surface area (Å²) in [4.78, 5) is 11.1. The van der Waals surface area contributed by atoms with E-state index in [9.17, 15) is 0 Å². The minimum atomic E-state index is 0.367. The molecule has 0 fully saturated rings. The van der Waals surface area contributed by atoms with Crippen molar-refractivity contribution in [3.05, 3.63) is 48.3 Å². The van der Waals surface area contributed by atoms with E-state index in [1.807, 2.05) is 30.7 Å². The molecule has 0 aliphatic carbocycles. The second-order valence-electron chi connectivity index (χ2n) is 3.70. The molecule has 0 saturated heterocycles. The summed E-state index contributed by atoms with van der Waals surface area (Å²) in [6.07, 6.45) is 8.25. The van der Waals surface area contributed by atoms with Gasteiger partial charge in [0.25, 0.3) is 0 Å². The molecule has 2 N–H and O–H groups in total. The molecule has 1 unspecified atom stereocenters. The van der Waals surface area contributed by atoms with Gasteiger partial charge in [-0.05, 0) is 24.1 Å². The predicted octanol–water partition coefficient (Wildman–Crippen LogP) is 2.05. The highest BCUT2D eigenvalue weighted by Gasteiger charge is 2.07. The van der Waals surface area contributed by atoms with E-state index in [0.29, 0.717) is 6.04 Å². The minimum Gasteiger partial charge on any atom is -0.347 e. The Morgan fingerprint density at radius 2 is 2.12 bits per heavy atom. The maximum Gasteiger partial charge on any atom is 0.0922 e. The first-order chi connectivity index (χ1) is 7.90. The topological polar surface area (TPSA) is 53.6 Å². The van der Waals surface area contributed by atoms with E-state index in [1.165, 1.54) is 5.56 Å². The first kappa shape index (κ1) is 10.8. The Morgan fingerprint density at radius 1 is 1.31 bits per heavy atom. The third-order valence-electron chi connectivity index (χ3n) is 2.61. The molecule has 84 valence electrons. The number of nitrogens with one attached hydrogen (secondary N) is 2. The lowest BCUT2D eigenvalue weighted by atomic mass is 10.1. The van der Waals surface area contributed by atoms with E-state index in [0.717, 1.165) is 18.7 Å². The van der Waals surface area contributed by atoms with Gasteiger partial charge in [0.05, 0.1) is 6.33 Å². The van der Waals surface area contributed by atoms with E-state index in [4.69, 9.17) is 0 Å². The van der Waals surface area contributed by atoms with Gasteiger partial charge in [-0.1, -0.05) is 6.92 Å². The largest absolute Gasteiger partial charge is 0.347 e. The maximum atomic E-state index is 4.03. The fourth-order valence-corrected chi connectivity index (χ4v) is 1.71. The molecule has 0 bridgehead atoms. The average Bonchev–Trinajstić information content (AvgIpc) is 2.84. The maximum absolute atomic E-state index is 4.03. The molecule has 16 heavy (non-hydrogen) atoms. The molecule has 2 heterocycles. The van der Waals surface area contributed by atoms with Crippen LogP contribution in [-0.4, -0.2) is 15.0 Å². The van der Waals surface area contributed by atoms with Gasteiger partial charge >= 0.3 is 0 Å². The number of pyridine rings is 1. The number of hydrogen-bond donors (Lipinski definition) is 2. The van der Waals surface area contributed by atoms with Gasteiger partial charge in [0, 0.05) is 36.9 Å². The number of imidazole rings is 1. The molecule has 2 rings (SSSR count). The molecule has 4 nitrogen and oxygen atoms in total. The summed E-state index contributed by atoms with van der Waals surface area (Å²) in [6.45, 7) is 2.98. The van der Waals surface area contributed by atoms with Gasteiger partial charge in [0.1, 0.15) is 0 Å². The second-order valence-corrected chi connectivity index (χ2v) is 3.70. The van der Waals surface area contributed by atoms with Crippen LogP contribution in [0, 0.1) is 0 Å². The summed E-state index contributed by atoms with van der Waals surface area (Å²) in [5.74, 6) is 0. The van der Waals surface area contributed by atoms with E-state index in [1.54, 1.807) is 6.33 Å². The van der Waals surface area contributed by atoms with Crippen LogP contribution < -0.4 is 5.32 Å². The molecule has 0 aliphatic rings. The second kappa shape index (κ2) is 5.42. The first-order valence-corrected chi connectivity index (χ1v) is 5.50. The Hall–Kier alpha value is -1.68. The van der Waals surface area contributed by atoms with Crippen LogP contribution in [0.15, 0.2) is 37.1 Å². The number of nitrogens with zero attached hydrogens (tertiary/aromatic N) is 2. The zero-order chi connectivity index (χ0) is 11.2. The molecule has 1 atom stereocenters. The number of rotatable bonds is 5. The van der Waals surface area contributed by atoms with Crippen molar-refractivity contribution in [2.75, 3.05) is 0 Å². The summed E-state index contributed by atoms with van der Waals surface area (Å²) >= 11 is 0. The summed E-state index contributed by atoms with van der Waals surface area (Å²) in [5.41, 5.74) is 2.38. The van der Waals surface area contributed by atoms with Crippen molar-refractivity contribution in [2.45, 2.75) is 25.9 Å². The lowest BCUT2D eigenvalue weighted by Crippen LogP contribution is -2.20. The molecule has 0 aliphatic heterocycles. The minimum absolute atomic E-state index is 0.367. The van der Waals surface area contributed by atoms with Crippen molar-refractivity contribution >= 4 is 0 Å². The summed E-state index contributed by atoms with van der Waals surface area (Å²) in [5, 5.41) is 3.49. The van der Waals surface area contributed by atoms with Gasteiger partial charge in [-0.25, -0.2) is 4.98 Å². The molecular weight excluding hydrogens is 200 g/mol. The molecule has 4 heteroatoms. The third-order valence-corrected chi connectivity index (χ3v) is 2.61. The van der Waals surface area contributed by atoms with Gasteiger partial charge in [-0.2, -0.15) is 0 Å². The lowest BCUT2D eigenvalue weighted by Gasteiger charge is -2.16. The van der Waals surface area contributed by atoms with Crippen molar-refractivity contribution in [1.82, 2.24) is 20.3 Å². The van der Waals surface area contributed by atoms with Crippen LogP contribution in [0.3, 0.4) is 0 Å². The molecule has 2 aromatic heterocycles. The van der Waals surface area contributed by atoms with Crippen molar-refractivity contribution < 1.29 is 0 Å². The Morgan fingerprint density at radius 3 is 2.75 bits per heavy atom. The first-order valence-electron chi connectivity index (χ1n) is 5.50. The molecule has 0 radical (unpaired) electrons. The number of aromatic amines is 1. The highest BCUT2D eigenvalue weighted by atomic mass is 15.0. The number of aromatic nitrogens is 3. The van der Waals surface area contributed by atoms with Crippen molar-refractivity contribution in [3.63, 3.8) is 0 Å². The fraction of sp³-hybridized carbons (Fsp3) is 0.333. The van der Waals surface area contributed by atoms with Crippen LogP contribution in [0.25, 0.3) is 0 Å². The lowest BCUT2D eigenvalue weighted by molar-refractivity contribution is 0.514. The normalized spacial score (nSPS) is 12.6. The monoisotopic (exact) mass is 216 g/mol. The van der Waals surface area contributed by atoms with Gasteiger partial charge in [-0.15, -0.1) is 0 Å². The Labute approximate surface area is 95.1 Å². The quantitative estimate of drug-likeness (QED) is 0.804. The molecular formula is C12H16N4. The van der Waals surface area contributed by atoms with Crippen LogP contribution >= 0.6 is 0 Å². The SMILES string of the molecule is CCC(NCc1cnc[nH]1)c1ccncc1. The number of hydrogen-bond acceptors (Lipinski definition) is 3. The van der Waals surface area contributed by atoms with E-state index in [2.05, 4.69) is 27.2 Å². The van der Waals surface area contributed by atoms with Crippen LogP contribution in [0.1, 0.15) is 30.6 Å². The molecule has 0 saturated carbocycles. The summed E-state index contributed by atoms with van der Waals surface area (Å²) < 4.78 is 0. The zero-order valence-electron chi connectivity index (χ0n) is 9.35.